The van der Waals surface area contributed by atoms with Gasteiger partial charge in [-0.05, 0) is 54.9 Å². The van der Waals surface area contributed by atoms with Crippen LogP contribution in [0.1, 0.15) is 34.0 Å². The molecule has 0 radical (unpaired) electrons. The molecular weight excluding hydrogens is 543 g/mol. The van der Waals surface area contributed by atoms with Gasteiger partial charge in [-0.1, -0.05) is 30.7 Å². The molecule has 0 atom stereocenters. The number of likely N-dealkylation sites (N-methyl/N-ethyl adjacent to an activating group) is 1. The Morgan fingerprint density at radius 2 is 1.80 bits per heavy atom. The molecule has 5 rings (SSSR count). The predicted octanol–water partition coefficient (Wildman–Crippen LogP) is 6.73. The van der Waals surface area contributed by atoms with Crippen molar-refractivity contribution < 1.29 is 22.7 Å². The first-order valence-electron chi connectivity index (χ1n) is 13.0. The molecule has 2 aromatic carbocycles. The van der Waals surface area contributed by atoms with Gasteiger partial charge in [0.15, 0.2) is 0 Å². The number of aromatic amines is 1. The first kappa shape index (κ1) is 27.9. The van der Waals surface area contributed by atoms with E-state index in [0.29, 0.717) is 35.6 Å². The molecule has 11 heteroatoms. The van der Waals surface area contributed by atoms with Crippen LogP contribution in [0.15, 0.2) is 54.7 Å². The van der Waals surface area contributed by atoms with Gasteiger partial charge in [-0.3, -0.25) is 9.69 Å². The molecule has 1 saturated heterocycles. The molecule has 1 aliphatic rings. The number of benzene rings is 2. The third-order valence-electron chi connectivity index (χ3n) is 7.11. The molecule has 4 aromatic rings. The summed E-state index contributed by atoms with van der Waals surface area (Å²) in [5.74, 6) is 0.311. The molecule has 0 bridgehead atoms. The Balaban J connectivity index is 1.34. The fourth-order valence-corrected chi connectivity index (χ4v) is 4.98. The second-order valence-corrected chi connectivity index (χ2v) is 10.2. The van der Waals surface area contributed by atoms with E-state index in [1.807, 2.05) is 11.8 Å². The van der Waals surface area contributed by atoms with E-state index in [0.717, 1.165) is 31.3 Å². The molecule has 7 nitrogen and oxygen atoms in total. The molecule has 1 amide bonds. The summed E-state index contributed by atoms with van der Waals surface area (Å²) in [4.78, 5) is 24.6. The molecule has 1 fully saturated rings. The number of H-pyrrole nitrogens is 1. The van der Waals surface area contributed by atoms with Crippen LogP contribution in [-0.2, 0) is 12.7 Å². The van der Waals surface area contributed by atoms with E-state index in [9.17, 15) is 18.0 Å². The Hall–Kier alpha value is -3.60. The van der Waals surface area contributed by atoms with Gasteiger partial charge in [0.1, 0.15) is 22.3 Å². The summed E-state index contributed by atoms with van der Waals surface area (Å²) in [7, 11) is 0. The molecule has 1 aliphatic heterocycles. The van der Waals surface area contributed by atoms with Gasteiger partial charge in [0, 0.05) is 56.2 Å². The van der Waals surface area contributed by atoms with Crippen molar-refractivity contribution in [2.24, 2.45) is 0 Å². The molecule has 0 saturated carbocycles. The lowest BCUT2D eigenvalue weighted by Crippen LogP contribution is -2.45. The molecule has 40 heavy (non-hydrogen) atoms. The number of aryl methyl sites for hydroxylation is 1. The van der Waals surface area contributed by atoms with Crippen molar-refractivity contribution in [1.29, 1.82) is 0 Å². The average molecular weight is 572 g/mol. The van der Waals surface area contributed by atoms with Crippen LogP contribution in [-0.4, -0.2) is 58.4 Å². The number of amides is 1. The highest BCUT2D eigenvalue weighted by molar-refractivity contribution is 6.30. The van der Waals surface area contributed by atoms with E-state index in [2.05, 4.69) is 27.1 Å². The van der Waals surface area contributed by atoms with Crippen LogP contribution in [0.3, 0.4) is 0 Å². The number of nitrogens with one attached hydrogen (secondary N) is 2. The van der Waals surface area contributed by atoms with Crippen molar-refractivity contribution in [2.45, 2.75) is 26.6 Å². The fraction of sp³-hybridized carbons (Fsp3) is 0.310. The van der Waals surface area contributed by atoms with Gasteiger partial charge in [-0.25, -0.2) is 4.98 Å². The molecule has 2 N–H and O–H groups in total. The number of anilines is 1. The zero-order valence-corrected chi connectivity index (χ0v) is 22.9. The van der Waals surface area contributed by atoms with E-state index in [-0.39, 0.29) is 28.5 Å². The number of carbonyl (C=O) groups is 1. The zero-order valence-electron chi connectivity index (χ0n) is 22.1. The van der Waals surface area contributed by atoms with Gasteiger partial charge < -0.3 is 19.9 Å². The topological polar surface area (TPSA) is 73.5 Å². The van der Waals surface area contributed by atoms with Crippen LogP contribution >= 0.6 is 11.6 Å². The second-order valence-electron chi connectivity index (χ2n) is 9.80. The molecule has 0 aliphatic carbocycles. The highest BCUT2D eigenvalue weighted by atomic mass is 35.5. The molecule has 3 heterocycles. The first-order valence-corrected chi connectivity index (χ1v) is 13.4. The van der Waals surface area contributed by atoms with Gasteiger partial charge >= 0.3 is 6.18 Å². The Morgan fingerprint density at radius 1 is 1.05 bits per heavy atom. The van der Waals surface area contributed by atoms with Crippen LogP contribution in [0.2, 0.25) is 5.15 Å². The molecule has 0 spiro atoms. The summed E-state index contributed by atoms with van der Waals surface area (Å²) >= 11 is 6.12. The van der Waals surface area contributed by atoms with E-state index in [1.54, 1.807) is 36.5 Å². The number of rotatable bonds is 7. The van der Waals surface area contributed by atoms with Crippen molar-refractivity contribution in [2.75, 3.05) is 38.0 Å². The highest BCUT2D eigenvalue weighted by Crippen LogP contribution is 2.36. The number of alkyl halides is 3. The third kappa shape index (κ3) is 6.24. The Kier molecular flexibility index (Phi) is 8.02. The number of hydrogen-bond donors (Lipinski definition) is 2. The monoisotopic (exact) mass is 571 g/mol. The van der Waals surface area contributed by atoms with Gasteiger partial charge in [0.25, 0.3) is 5.91 Å². The zero-order chi connectivity index (χ0) is 28.4. The van der Waals surface area contributed by atoms with Crippen molar-refractivity contribution in [3.8, 4) is 11.5 Å². The highest BCUT2D eigenvalue weighted by Gasteiger charge is 2.34. The van der Waals surface area contributed by atoms with Crippen LogP contribution in [0, 0.1) is 6.92 Å². The smallest absolute Gasteiger partial charge is 0.416 e. The maximum Gasteiger partial charge on any atom is 0.416 e. The van der Waals surface area contributed by atoms with Gasteiger partial charge in [-0.2, -0.15) is 13.2 Å². The minimum absolute atomic E-state index is 0.0647. The number of ether oxygens (including phenoxy) is 1. The number of fused-ring (bicyclic) bond motifs is 1. The van der Waals surface area contributed by atoms with Crippen molar-refractivity contribution >= 4 is 34.2 Å². The lowest BCUT2D eigenvalue weighted by atomic mass is 10.0. The van der Waals surface area contributed by atoms with Crippen molar-refractivity contribution in [3.05, 3.63) is 82.1 Å². The summed E-state index contributed by atoms with van der Waals surface area (Å²) < 4.78 is 48.1. The van der Waals surface area contributed by atoms with Crippen LogP contribution in [0.5, 0.6) is 11.5 Å². The summed E-state index contributed by atoms with van der Waals surface area (Å²) in [6.07, 6.45) is -2.84. The van der Waals surface area contributed by atoms with E-state index < -0.39 is 17.6 Å². The van der Waals surface area contributed by atoms with Gasteiger partial charge in [-0.15, -0.1) is 0 Å². The molecule has 2 aromatic heterocycles. The summed E-state index contributed by atoms with van der Waals surface area (Å²) in [6.45, 7) is 8.12. The van der Waals surface area contributed by atoms with E-state index in [4.69, 9.17) is 16.3 Å². The van der Waals surface area contributed by atoms with Crippen molar-refractivity contribution in [1.82, 2.24) is 19.8 Å². The third-order valence-corrected chi connectivity index (χ3v) is 7.30. The number of hydrogen-bond acceptors (Lipinski definition) is 5. The van der Waals surface area contributed by atoms with Gasteiger partial charge in [0.05, 0.1) is 10.9 Å². The fourth-order valence-electron chi connectivity index (χ4n) is 4.79. The number of aromatic nitrogens is 2. The standard InChI is InChI=1S/C29H29ClF3N5O2/c1-3-37-10-12-38(13-11-37)17-20-6-7-21(15-23(20)29(31,32)33)35-28(39)19-5-4-18(2)24(14-19)40-25-16-26(30)36-27-22(25)8-9-34-27/h4-9,14-16H,3,10-13,17H2,1-2H3,(H,34,36)(H,35,39). The van der Waals surface area contributed by atoms with Crippen molar-refractivity contribution in [3.63, 3.8) is 0 Å². The van der Waals surface area contributed by atoms with Crippen LogP contribution < -0.4 is 10.1 Å². The Morgan fingerprint density at radius 3 is 2.52 bits per heavy atom. The van der Waals surface area contributed by atoms with Gasteiger partial charge in [0.2, 0.25) is 0 Å². The number of piperazine rings is 1. The van der Waals surface area contributed by atoms with E-state index in [1.165, 1.54) is 12.1 Å². The average Bonchev–Trinajstić information content (AvgIpc) is 3.39. The SMILES string of the molecule is CCN1CCN(Cc2ccc(NC(=O)c3ccc(C)c(Oc4cc(Cl)nc5[nH]ccc45)c3)cc2C(F)(F)F)CC1. The van der Waals surface area contributed by atoms with Crippen LogP contribution in [0.4, 0.5) is 18.9 Å². The molecule has 210 valence electrons. The first-order chi connectivity index (χ1) is 19.1. The normalized spacial score (nSPS) is 14.9. The molecular formula is C29H29ClF3N5O2. The van der Waals surface area contributed by atoms with Crippen LogP contribution in [0.25, 0.3) is 11.0 Å². The summed E-state index contributed by atoms with van der Waals surface area (Å²) in [5, 5.41) is 3.56. The minimum atomic E-state index is -4.55. The maximum atomic E-state index is 14.0. The Labute approximate surface area is 234 Å². The summed E-state index contributed by atoms with van der Waals surface area (Å²) in [6, 6.07) is 12.2. The number of nitrogens with zero attached hydrogens (tertiary/aromatic N) is 3. The number of carbonyl (C=O) groups excluding carboxylic acids is 1. The quantitative estimate of drug-likeness (QED) is 0.241. The largest absolute Gasteiger partial charge is 0.456 e. The summed E-state index contributed by atoms with van der Waals surface area (Å²) in [5.41, 5.74) is 1.06. The Bertz CT molecular complexity index is 1530. The maximum absolute atomic E-state index is 14.0. The predicted molar refractivity (Wildman–Crippen MR) is 149 cm³/mol. The van der Waals surface area contributed by atoms with E-state index >= 15 is 0 Å². The number of halogens is 4. The lowest BCUT2D eigenvalue weighted by Gasteiger charge is -2.34. The number of pyridine rings is 1. The minimum Gasteiger partial charge on any atom is -0.456 e. The lowest BCUT2D eigenvalue weighted by molar-refractivity contribution is -0.138. The second kappa shape index (κ2) is 11.5. The molecule has 0 unspecified atom stereocenters.